The first kappa shape index (κ1) is 31.5. The van der Waals surface area contributed by atoms with E-state index in [-0.39, 0.29) is 28.6 Å². The van der Waals surface area contributed by atoms with Crippen molar-refractivity contribution in [1.29, 1.82) is 0 Å². The Labute approximate surface area is 254 Å². The number of hydrogen-bond donors (Lipinski definition) is 1. The van der Waals surface area contributed by atoms with Crippen LogP contribution in [0.15, 0.2) is 48.5 Å². The molecule has 1 aliphatic heterocycles. The third kappa shape index (κ3) is 7.14. The molecule has 0 spiro atoms. The molecule has 1 N–H and O–H groups in total. The normalized spacial score (nSPS) is 13.0. The highest BCUT2D eigenvalue weighted by Gasteiger charge is 2.35. The van der Waals surface area contributed by atoms with Gasteiger partial charge in [-0.2, -0.15) is 11.8 Å². The molecule has 221 valence electrons. The second-order valence-corrected chi connectivity index (χ2v) is 13.9. The molecule has 1 radical (unpaired) electrons. The average molecular weight is 587 g/mol. The Morgan fingerprint density at radius 2 is 1.69 bits per heavy atom. The second kappa shape index (κ2) is 12.9. The predicted molar refractivity (Wildman–Crippen MR) is 172 cm³/mol. The zero-order valence-corrected chi connectivity index (χ0v) is 26.5. The van der Waals surface area contributed by atoms with Gasteiger partial charge in [-0.05, 0) is 35.1 Å². The third-order valence-corrected chi connectivity index (χ3v) is 8.85. The first-order valence-corrected chi connectivity index (χ1v) is 15.6. The van der Waals surface area contributed by atoms with Crippen LogP contribution in [-0.4, -0.2) is 58.2 Å². The van der Waals surface area contributed by atoms with E-state index in [4.69, 9.17) is 0 Å². The van der Waals surface area contributed by atoms with Crippen LogP contribution in [0, 0.1) is 16.7 Å². The van der Waals surface area contributed by atoms with Gasteiger partial charge in [0.05, 0.1) is 17.9 Å². The SMILES string of the molecule is CNC(=O)C(C)(C)CC(C)(C)CSCC(=O)[B]C(=O)N1Cc2ccccc2-c2nnn(CC(C)C)c2-c2ccccc21. The number of hydrogen-bond acceptors (Lipinski definition) is 6. The molecule has 1 aliphatic rings. The summed E-state index contributed by atoms with van der Waals surface area (Å²) in [4.78, 5) is 40.8. The van der Waals surface area contributed by atoms with Crippen LogP contribution in [0.1, 0.15) is 53.5 Å². The summed E-state index contributed by atoms with van der Waals surface area (Å²) in [5.74, 6) is 0.882. The van der Waals surface area contributed by atoms with Crippen LogP contribution < -0.4 is 10.2 Å². The molecule has 0 aliphatic carbocycles. The molecule has 0 fully saturated rings. The summed E-state index contributed by atoms with van der Waals surface area (Å²) in [6.07, 6.45) is 0.678. The molecule has 10 heteroatoms. The number of nitrogens with one attached hydrogen (secondary N) is 1. The van der Waals surface area contributed by atoms with Gasteiger partial charge < -0.3 is 15.0 Å². The number of para-hydroxylation sites is 1. The highest BCUT2D eigenvalue weighted by molar-refractivity contribution is 8.00. The largest absolute Gasteiger partial charge is 0.359 e. The minimum atomic E-state index is -0.514. The number of thioether (sulfide) groups is 1. The highest BCUT2D eigenvalue weighted by Crippen LogP contribution is 2.41. The van der Waals surface area contributed by atoms with Gasteiger partial charge in [0.2, 0.25) is 5.91 Å². The molecule has 0 atom stereocenters. The summed E-state index contributed by atoms with van der Waals surface area (Å²) in [5, 5.41) is 11.8. The summed E-state index contributed by atoms with van der Waals surface area (Å²) in [6.45, 7) is 13.3. The van der Waals surface area contributed by atoms with Crippen LogP contribution in [0.25, 0.3) is 22.5 Å². The maximum absolute atomic E-state index is 13.8. The smallest absolute Gasteiger partial charge is 0.322 e. The van der Waals surface area contributed by atoms with Gasteiger partial charge >= 0.3 is 7.28 Å². The van der Waals surface area contributed by atoms with E-state index in [0.717, 1.165) is 33.8 Å². The third-order valence-electron chi connectivity index (χ3n) is 7.37. The van der Waals surface area contributed by atoms with Gasteiger partial charge in [0.25, 0.3) is 0 Å². The van der Waals surface area contributed by atoms with E-state index in [1.807, 2.05) is 67.1 Å². The summed E-state index contributed by atoms with van der Waals surface area (Å²) in [5.41, 5.74) is 4.20. The van der Waals surface area contributed by atoms with Crippen molar-refractivity contribution in [3.05, 3.63) is 54.1 Å². The second-order valence-electron chi connectivity index (χ2n) is 12.9. The topological polar surface area (TPSA) is 97.2 Å². The first-order valence-electron chi connectivity index (χ1n) is 14.4. The fraction of sp³-hybridized carbons (Fsp3) is 0.469. The molecule has 0 bridgehead atoms. The summed E-state index contributed by atoms with van der Waals surface area (Å²) >= 11 is 1.49. The maximum Gasteiger partial charge on any atom is 0.322 e. The molecule has 3 aromatic rings. The zero-order valence-electron chi connectivity index (χ0n) is 25.7. The van der Waals surface area contributed by atoms with E-state index in [0.29, 0.717) is 31.2 Å². The Morgan fingerprint density at radius 3 is 2.38 bits per heavy atom. The predicted octanol–water partition coefficient (Wildman–Crippen LogP) is 5.86. The van der Waals surface area contributed by atoms with E-state index in [9.17, 15) is 14.4 Å². The number of benzene rings is 2. The van der Waals surface area contributed by atoms with E-state index in [1.54, 1.807) is 11.9 Å². The van der Waals surface area contributed by atoms with E-state index in [2.05, 4.69) is 43.3 Å². The van der Waals surface area contributed by atoms with Crippen molar-refractivity contribution in [3.63, 3.8) is 0 Å². The summed E-state index contributed by atoms with van der Waals surface area (Å²) in [7, 11) is 2.87. The molecule has 1 aromatic heterocycles. The molecule has 0 saturated heterocycles. The highest BCUT2D eigenvalue weighted by atomic mass is 32.2. The number of amides is 2. The van der Waals surface area contributed by atoms with Crippen LogP contribution >= 0.6 is 11.8 Å². The zero-order chi connectivity index (χ0) is 30.7. The van der Waals surface area contributed by atoms with Crippen molar-refractivity contribution >= 4 is 42.1 Å². The van der Waals surface area contributed by atoms with Gasteiger partial charge in [0.1, 0.15) is 11.4 Å². The van der Waals surface area contributed by atoms with Crippen LogP contribution in [0.4, 0.5) is 10.5 Å². The fourth-order valence-electron chi connectivity index (χ4n) is 5.84. The standard InChI is InChI=1S/C32H41BN5O3S/c1-21(2)16-38-28-24-14-10-11-15-25(24)37(17-22-12-8-9-13-23(22)27(28)35-36-38)30(41)33-26(39)18-42-20-31(3,4)19-32(5,6)29(40)34-7/h8-15,21H,16-20H2,1-7H3,(H,34,40). The van der Waals surface area contributed by atoms with Crippen LogP contribution in [0.3, 0.4) is 0 Å². The quantitative estimate of drug-likeness (QED) is 0.283. The maximum atomic E-state index is 13.8. The minimum Gasteiger partial charge on any atom is -0.359 e. The molecule has 2 heterocycles. The lowest BCUT2D eigenvalue weighted by molar-refractivity contribution is -0.130. The number of anilines is 1. The summed E-state index contributed by atoms with van der Waals surface area (Å²) in [6, 6.07) is 15.7. The molecule has 2 aromatic carbocycles. The molecule has 0 unspecified atom stereocenters. The number of carbonyl (C=O) groups excluding carboxylic acids is 3. The molecule has 4 rings (SSSR count). The molecule has 8 nitrogen and oxygen atoms in total. The lowest BCUT2D eigenvalue weighted by atomic mass is 9.72. The van der Waals surface area contributed by atoms with E-state index in [1.165, 1.54) is 19.0 Å². The minimum absolute atomic E-state index is 0.000782. The van der Waals surface area contributed by atoms with Crippen molar-refractivity contribution in [2.45, 2.75) is 61.1 Å². The molecule has 2 amide bonds. The van der Waals surface area contributed by atoms with Crippen molar-refractivity contribution in [2.24, 2.45) is 16.7 Å². The van der Waals surface area contributed by atoms with Crippen molar-refractivity contribution in [1.82, 2.24) is 20.3 Å². The van der Waals surface area contributed by atoms with E-state index >= 15 is 0 Å². The van der Waals surface area contributed by atoms with Crippen LogP contribution in [0.2, 0.25) is 0 Å². The average Bonchev–Trinajstić information content (AvgIpc) is 3.31. The molecular weight excluding hydrogens is 545 g/mol. The van der Waals surface area contributed by atoms with Crippen LogP contribution in [0.5, 0.6) is 0 Å². The number of rotatable bonds is 11. The van der Waals surface area contributed by atoms with Gasteiger partial charge in [-0.25, -0.2) is 4.68 Å². The van der Waals surface area contributed by atoms with Crippen LogP contribution in [-0.2, 0) is 22.7 Å². The number of carbonyl (C=O) groups is 3. The Kier molecular flexibility index (Phi) is 9.65. The van der Waals surface area contributed by atoms with Crippen molar-refractivity contribution in [3.8, 4) is 22.5 Å². The molecule has 42 heavy (non-hydrogen) atoms. The lowest BCUT2D eigenvalue weighted by Crippen LogP contribution is -2.39. The van der Waals surface area contributed by atoms with Gasteiger partial charge in [-0.15, -0.1) is 5.10 Å². The number of aromatic nitrogens is 3. The fourth-order valence-corrected chi connectivity index (χ4v) is 6.88. The molecular formula is C32H41BN5O3S. The molecule has 0 saturated carbocycles. The van der Waals surface area contributed by atoms with E-state index < -0.39 is 5.41 Å². The van der Waals surface area contributed by atoms with Crippen molar-refractivity contribution in [2.75, 3.05) is 23.5 Å². The number of nitrogens with zero attached hydrogens (tertiary/aromatic N) is 4. The summed E-state index contributed by atoms with van der Waals surface area (Å²) < 4.78 is 1.92. The van der Waals surface area contributed by atoms with Gasteiger partial charge in [0.15, 0.2) is 5.81 Å². The monoisotopic (exact) mass is 586 g/mol. The van der Waals surface area contributed by atoms with Crippen molar-refractivity contribution < 1.29 is 14.4 Å². The number of fused-ring (bicyclic) bond motifs is 5. The Balaban J connectivity index is 1.54. The first-order chi connectivity index (χ1) is 19.8. The van der Waals surface area contributed by atoms with Gasteiger partial charge in [0, 0.05) is 35.9 Å². The van der Waals surface area contributed by atoms with Gasteiger partial charge in [-0.3, -0.25) is 9.59 Å². The van der Waals surface area contributed by atoms with Gasteiger partial charge in [-0.1, -0.05) is 89.2 Å². The Morgan fingerprint density at radius 1 is 1.02 bits per heavy atom. The Bertz CT molecular complexity index is 1470. The Hall–Kier alpha value is -3.40. The lowest BCUT2D eigenvalue weighted by Gasteiger charge is -2.33.